The highest BCUT2D eigenvalue weighted by molar-refractivity contribution is 8.01. The molecule has 1 heterocycles. The van der Waals surface area contributed by atoms with Crippen molar-refractivity contribution in [3.8, 4) is 0 Å². The number of thioether (sulfide) groups is 2. The van der Waals surface area contributed by atoms with E-state index < -0.39 is 0 Å². The molecule has 0 fully saturated rings. The number of hydrogen-bond acceptors (Lipinski definition) is 9. The third-order valence-electron chi connectivity index (χ3n) is 2.07. The second-order valence-corrected chi connectivity index (χ2v) is 6.81. The number of aromatic nitrogens is 2. The molecule has 1 rings (SSSR count). The average Bonchev–Trinajstić information content (AvgIpc) is 2.87. The van der Waals surface area contributed by atoms with Crippen LogP contribution in [0.2, 0.25) is 0 Å². The zero-order chi connectivity index (χ0) is 15.5. The van der Waals surface area contributed by atoms with E-state index in [2.05, 4.69) is 9.36 Å². The van der Waals surface area contributed by atoms with Gasteiger partial charge in [-0.05, 0) is 25.4 Å². The summed E-state index contributed by atoms with van der Waals surface area (Å²) in [6.45, 7) is 4.38. The molecule has 1 aromatic rings. The molecule has 9 heteroatoms. The fourth-order valence-electron chi connectivity index (χ4n) is 1.23. The van der Waals surface area contributed by atoms with Gasteiger partial charge in [0.2, 0.25) is 5.16 Å². The lowest BCUT2D eigenvalue weighted by atomic mass is 10.5. The topological polar surface area (TPSA) is 78.4 Å². The highest BCUT2D eigenvalue weighted by atomic mass is 32.2. The van der Waals surface area contributed by atoms with Crippen molar-refractivity contribution >= 4 is 47.0 Å². The molecule has 0 radical (unpaired) electrons. The van der Waals surface area contributed by atoms with E-state index in [1.54, 1.807) is 13.8 Å². The van der Waals surface area contributed by atoms with Gasteiger partial charge in [-0.2, -0.15) is 4.37 Å². The Morgan fingerprint density at radius 2 is 1.62 bits per heavy atom. The molecule has 6 nitrogen and oxygen atoms in total. The molecule has 0 amide bonds. The molecule has 0 N–H and O–H groups in total. The zero-order valence-electron chi connectivity index (χ0n) is 12.0. The van der Waals surface area contributed by atoms with Crippen molar-refractivity contribution < 1.29 is 19.1 Å². The lowest BCUT2D eigenvalue weighted by molar-refractivity contribution is -0.143. The van der Waals surface area contributed by atoms with Crippen LogP contribution in [0.25, 0.3) is 0 Å². The molecule has 0 unspecified atom stereocenters. The molecule has 21 heavy (non-hydrogen) atoms. The van der Waals surface area contributed by atoms with E-state index in [1.807, 2.05) is 0 Å². The summed E-state index contributed by atoms with van der Waals surface area (Å²) in [5.74, 6) is 0.825. The maximum atomic E-state index is 11.2. The summed E-state index contributed by atoms with van der Waals surface area (Å²) in [5.41, 5.74) is 0. The third-order valence-corrected chi connectivity index (χ3v) is 4.87. The Morgan fingerprint density at radius 3 is 2.19 bits per heavy atom. The van der Waals surface area contributed by atoms with Crippen LogP contribution in [0.3, 0.4) is 0 Å². The molecular formula is C12H18N2O4S3. The Bertz CT molecular complexity index is 415. The molecular weight excluding hydrogens is 332 g/mol. The van der Waals surface area contributed by atoms with E-state index in [1.165, 1.54) is 35.1 Å². The number of carbonyl (C=O) groups is 2. The van der Waals surface area contributed by atoms with Crippen molar-refractivity contribution in [1.82, 2.24) is 9.36 Å². The Labute approximate surface area is 136 Å². The second kappa shape index (κ2) is 10.9. The lowest BCUT2D eigenvalue weighted by Crippen LogP contribution is -2.04. The summed E-state index contributed by atoms with van der Waals surface area (Å²) in [7, 11) is 0. The van der Waals surface area contributed by atoms with Gasteiger partial charge in [0.15, 0.2) is 4.34 Å². The van der Waals surface area contributed by atoms with Crippen molar-refractivity contribution in [1.29, 1.82) is 0 Å². The first-order valence-electron chi connectivity index (χ1n) is 6.56. The van der Waals surface area contributed by atoms with E-state index in [-0.39, 0.29) is 11.9 Å². The van der Waals surface area contributed by atoms with E-state index in [0.717, 1.165) is 4.34 Å². The summed E-state index contributed by atoms with van der Waals surface area (Å²) in [4.78, 5) is 26.7. The number of hydrogen-bond donors (Lipinski definition) is 0. The zero-order valence-corrected chi connectivity index (χ0v) is 14.4. The molecule has 0 saturated carbocycles. The van der Waals surface area contributed by atoms with E-state index >= 15 is 0 Å². The van der Waals surface area contributed by atoms with Gasteiger partial charge >= 0.3 is 11.9 Å². The fraction of sp³-hybridized carbons (Fsp3) is 0.667. The van der Waals surface area contributed by atoms with Crippen LogP contribution >= 0.6 is 35.1 Å². The molecule has 0 aliphatic rings. The van der Waals surface area contributed by atoms with E-state index in [9.17, 15) is 9.59 Å². The molecule has 0 bridgehead atoms. The van der Waals surface area contributed by atoms with Crippen LogP contribution in [0, 0.1) is 0 Å². The Kier molecular flexibility index (Phi) is 9.44. The smallest absolute Gasteiger partial charge is 0.306 e. The number of nitrogens with zero attached hydrogens (tertiary/aromatic N) is 2. The molecule has 0 atom stereocenters. The van der Waals surface area contributed by atoms with Gasteiger partial charge in [-0.15, -0.1) is 0 Å². The predicted octanol–water partition coefficient (Wildman–Crippen LogP) is 2.63. The summed E-state index contributed by atoms with van der Waals surface area (Å²) in [6.07, 6.45) is 0.715. The van der Waals surface area contributed by atoms with Crippen LogP contribution in [-0.4, -0.2) is 46.0 Å². The quantitative estimate of drug-likeness (QED) is 0.471. The van der Waals surface area contributed by atoms with Gasteiger partial charge in [-0.1, -0.05) is 23.5 Å². The minimum Gasteiger partial charge on any atom is -0.466 e. The van der Waals surface area contributed by atoms with E-state index in [0.29, 0.717) is 42.7 Å². The SMILES string of the molecule is CCOC(=O)CCSc1nsc(SCCC(=O)OCC)n1. The van der Waals surface area contributed by atoms with E-state index in [4.69, 9.17) is 9.47 Å². The van der Waals surface area contributed by atoms with Crippen LogP contribution in [-0.2, 0) is 19.1 Å². The summed E-state index contributed by atoms with van der Waals surface area (Å²) in [5, 5.41) is 0.655. The first kappa shape index (κ1) is 18.2. The van der Waals surface area contributed by atoms with Gasteiger partial charge in [0.25, 0.3) is 0 Å². The maximum absolute atomic E-state index is 11.2. The van der Waals surface area contributed by atoms with Crippen molar-refractivity contribution in [2.45, 2.75) is 36.2 Å². The van der Waals surface area contributed by atoms with Gasteiger partial charge in [-0.25, -0.2) is 4.98 Å². The maximum Gasteiger partial charge on any atom is 0.306 e. The number of carbonyl (C=O) groups excluding carboxylic acids is 2. The standard InChI is InChI=1S/C12H18N2O4S3/c1-3-17-9(15)5-7-19-11-13-12(21-14-11)20-8-6-10(16)18-4-2/h3-8H2,1-2H3. The summed E-state index contributed by atoms with van der Waals surface area (Å²) >= 11 is 4.20. The summed E-state index contributed by atoms with van der Waals surface area (Å²) in [6, 6.07) is 0. The van der Waals surface area contributed by atoms with Crippen molar-refractivity contribution in [2.24, 2.45) is 0 Å². The summed E-state index contributed by atoms with van der Waals surface area (Å²) < 4.78 is 14.7. The number of rotatable bonds is 10. The lowest BCUT2D eigenvalue weighted by Gasteiger charge is -1.99. The van der Waals surface area contributed by atoms with Crippen molar-refractivity contribution in [2.75, 3.05) is 24.7 Å². The molecule has 1 aromatic heterocycles. The first-order valence-corrected chi connectivity index (χ1v) is 9.30. The Hall–Kier alpha value is -0.800. The average molecular weight is 350 g/mol. The molecule has 0 spiro atoms. The molecule has 0 aliphatic carbocycles. The molecule has 0 saturated heterocycles. The fourth-order valence-corrected chi connectivity index (χ4v) is 3.76. The molecule has 0 aromatic carbocycles. The van der Waals surface area contributed by atoms with Crippen LogP contribution in [0.15, 0.2) is 9.50 Å². The monoisotopic (exact) mass is 350 g/mol. The second-order valence-electron chi connectivity index (χ2n) is 3.65. The van der Waals surface area contributed by atoms with Crippen LogP contribution in [0.4, 0.5) is 0 Å². The Morgan fingerprint density at radius 1 is 1.05 bits per heavy atom. The number of ether oxygens (including phenoxy) is 2. The predicted molar refractivity (Wildman–Crippen MR) is 83.9 cm³/mol. The minimum absolute atomic E-state index is 0.196. The van der Waals surface area contributed by atoms with Crippen LogP contribution in [0.1, 0.15) is 26.7 Å². The van der Waals surface area contributed by atoms with Gasteiger partial charge in [0, 0.05) is 11.5 Å². The minimum atomic E-state index is -0.204. The number of esters is 2. The van der Waals surface area contributed by atoms with Gasteiger partial charge < -0.3 is 9.47 Å². The van der Waals surface area contributed by atoms with Gasteiger partial charge in [0.05, 0.1) is 26.1 Å². The highest BCUT2D eigenvalue weighted by Crippen LogP contribution is 2.25. The Balaban J connectivity index is 2.20. The first-order chi connectivity index (χ1) is 10.2. The van der Waals surface area contributed by atoms with Gasteiger partial charge in [-0.3, -0.25) is 9.59 Å². The molecule has 118 valence electrons. The largest absolute Gasteiger partial charge is 0.466 e. The van der Waals surface area contributed by atoms with Gasteiger partial charge in [0.1, 0.15) is 0 Å². The normalized spacial score (nSPS) is 10.4. The van der Waals surface area contributed by atoms with Crippen LogP contribution in [0.5, 0.6) is 0 Å². The van der Waals surface area contributed by atoms with Crippen LogP contribution < -0.4 is 0 Å². The highest BCUT2D eigenvalue weighted by Gasteiger charge is 2.09. The third kappa shape index (κ3) is 8.27. The van der Waals surface area contributed by atoms with Crippen molar-refractivity contribution in [3.63, 3.8) is 0 Å². The molecule has 0 aliphatic heterocycles. The van der Waals surface area contributed by atoms with Crippen molar-refractivity contribution in [3.05, 3.63) is 0 Å².